The number of furan rings is 1. The highest BCUT2D eigenvalue weighted by Crippen LogP contribution is 2.30. The standard InChI is InChI=1S/C21H15BrN2O2S/c1-14-5-8-19(9-6-14)27-20-10-7-18(26-20)11-15(13-23)21(25)24-17-4-2-3-16(22)12-17/h2-12H,1H3,(H,24,25)/b15-11-. The van der Waals surface area contributed by atoms with Crippen LogP contribution in [0.3, 0.4) is 0 Å². The molecule has 134 valence electrons. The number of carbonyl (C=O) groups excluding carboxylic acids is 1. The fourth-order valence-electron chi connectivity index (χ4n) is 2.24. The van der Waals surface area contributed by atoms with Gasteiger partial charge in [0.1, 0.15) is 17.4 Å². The molecule has 4 nitrogen and oxygen atoms in total. The summed E-state index contributed by atoms with van der Waals surface area (Å²) in [5.41, 5.74) is 1.76. The summed E-state index contributed by atoms with van der Waals surface area (Å²) in [7, 11) is 0. The molecule has 3 aromatic rings. The van der Waals surface area contributed by atoms with E-state index in [0.29, 0.717) is 16.5 Å². The number of nitrogens with one attached hydrogen (secondary N) is 1. The van der Waals surface area contributed by atoms with Crippen LogP contribution in [-0.2, 0) is 4.79 Å². The Morgan fingerprint density at radius 3 is 2.67 bits per heavy atom. The van der Waals surface area contributed by atoms with Crippen molar-refractivity contribution in [3.8, 4) is 6.07 Å². The summed E-state index contributed by atoms with van der Waals surface area (Å²) in [6, 6.07) is 20.7. The smallest absolute Gasteiger partial charge is 0.266 e. The van der Waals surface area contributed by atoms with E-state index >= 15 is 0 Å². The lowest BCUT2D eigenvalue weighted by molar-refractivity contribution is -0.112. The van der Waals surface area contributed by atoms with Gasteiger partial charge in [-0.25, -0.2) is 0 Å². The number of hydrogen-bond donors (Lipinski definition) is 1. The van der Waals surface area contributed by atoms with Gasteiger partial charge in [0.15, 0.2) is 5.09 Å². The Morgan fingerprint density at radius 2 is 1.96 bits per heavy atom. The molecule has 0 saturated heterocycles. The molecule has 6 heteroatoms. The highest BCUT2D eigenvalue weighted by Gasteiger charge is 2.11. The topological polar surface area (TPSA) is 66.0 Å². The number of nitriles is 1. The van der Waals surface area contributed by atoms with Gasteiger partial charge in [0.25, 0.3) is 5.91 Å². The number of aryl methyl sites for hydroxylation is 1. The number of hydrogen-bond acceptors (Lipinski definition) is 4. The minimum Gasteiger partial charge on any atom is -0.450 e. The van der Waals surface area contributed by atoms with Crippen LogP contribution in [0.25, 0.3) is 6.08 Å². The largest absolute Gasteiger partial charge is 0.450 e. The third-order valence-electron chi connectivity index (χ3n) is 3.58. The van der Waals surface area contributed by atoms with Crippen molar-refractivity contribution in [2.75, 3.05) is 5.32 Å². The third kappa shape index (κ3) is 5.36. The van der Waals surface area contributed by atoms with Crippen LogP contribution in [0.4, 0.5) is 5.69 Å². The minimum absolute atomic E-state index is 0.0313. The van der Waals surface area contributed by atoms with Crippen molar-refractivity contribution in [1.82, 2.24) is 0 Å². The lowest BCUT2D eigenvalue weighted by Gasteiger charge is -2.04. The van der Waals surface area contributed by atoms with Crippen molar-refractivity contribution in [2.45, 2.75) is 16.9 Å². The lowest BCUT2D eigenvalue weighted by Crippen LogP contribution is -2.13. The van der Waals surface area contributed by atoms with Gasteiger partial charge in [-0.2, -0.15) is 5.26 Å². The summed E-state index contributed by atoms with van der Waals surface area (Å²) in [5, 5.41) is 12.7. The molecular formula is C21H15BrN2O2S. The number of benzene rings is 2. The van der Waals surface area contributed by atoms with Crippen molar-refractivity contribution in [3.05, 3.63) is 82.0 Å². The Hall–Kier alpha value is -2.75. The maximum Gasteiger partial charge on any atom is 0.266 e. The summed E-state index contributed by atoms with van der Waals surface area (Å²) in [6.07, 6.45) is 1.44. The van der Waals surface area contributed by atoms with Gasteiger partial charge in [-0.05, 0) is 49.4 Å². The normalized spacial score (nSPS) is 11.1. The van der Waals surface area contributed by atoms with Crippen molar-refractivity contribution in [3.63, 3.8) is 0 Å². The molecule has 0 aliphatic heterocycles. The first kappa shape index (κ1) is 19.0. The van der Waals surface area contributed by atoms with E-state index < -0.39 is 5.91 Å². The van der Waals surface area contributed by atoms with Crippen LogP contribution < -0.4 is 5.32 Å². The van der Waals surface area contributed by atoms with Crippen LogP contribution in [-0.4, -0.2) is 5.91 Å². The fraction of sp³-hybridized carbons (Fsp3) is 0.0476. The maximum atomic E-state index is 12.3. The molecule has 0 radical (unpaired) electrons. The van der Waals surface area contributed by atoms with Crippen LogP contribution in [0.15, 0.2) is 85.1 Å². The van der Waals surface area contributed by atoms with Gasteiger partial charge in [0, 0.05) is 21.1 Å². The second-order valence-electron chi connectivity index (χ2n) is 5.71. The molecule has 3 rings (SSSR count). The Bertz CT molecular complexity index is 1030. The molecule has 1 heterocycles. The van der Waals surface area contributed by atoms with E-state index in [2.05, 4.69) is 21.2 Å². The monoisotopic (exact) mass is 438 g/mol. The van der Waals surface area contributed by atoms with Crippen LogP contribution in [0, 0.1) is 18.3 Å². The van der Waals surface area contributed by atoms with Gasteiger partial charge in [-0.1, -0.05) is 51.5 Å². The van der Waals surface area contributed by atoms with E-state index in [0.717, 1.165) is 9.37 Å². The number of anilines is 1. The van der Waals surface area contributed by atoms with Crippen LogP contribution in [0.2, 0.25) is 0 Å². The van der Waals surface area contributed by atoms with Gasteiger partial charge in [0.2, 0.25) is 0 Å². The summed E-state index contributed by atoms with van der Waals surface area (Å²) >= 11 is 4.83. The van der Waals surface area contributed by atoms with Gasteiger partial charge in [-0.15, -0.1) is 0 Å². The van der Waals surface area contributed by atoms with E-state index in [1.807, 2.05) is 49.4 Å². The number of amides is 1. The SMILES string of the molecule is Cc1ccc(Sc2ccc(/C=C(/C#N)C(=O)Nc3cccc(Br)c3)o2)cc1. The molecular weight excluding hydrogens is 424 g/mol. The van der Waals surface area contributed by atoms with Crippen LogP contribution in [0.1, 0.15) is 11.3 Å². The van der Waals surface area contributed by atoms with Gasteiger partial charge in [0.05, 0.1) is 0 Å². The molecule has 1 amide bonds. The molecule has 0 spiro atoms. The van der Waals surface area contributed by atoms with E-state index in [4.69, 9.17) is 4.42 Å². The first-order chi connectivity index (χ1) is 13.0. The maximum absolute atomic E-state index is 12.3. The Balaban J connectivity index is 1.72. The van der Waals surface area contributed by atoms with Gasteiger partial charge in [-0.3, -0.25) is 4.79 Å². The zero-order valence-corrected chi connectivity index (χ0v) is 16.8. The first-order valence-corrected chi connectivity index (χ1v) is 9.67. The van der Waals surface area contributed by atoms with Gasteiger partial charge >= 0.3 is 0 Å². The quantitative estimate of drug-likeness (QED) is 0.388. The number of halogens is 1. The molecule has 0 aliphatic carbocycles. The van der Waals surface area contributed by atoms with E-state index in [9.17, 15) is 10.1 Å². The second kappa shape index (κ2) is 8.76. The first-order valence-electron chi connectivity index (χ1n) is 8.06. The van der Waals surface area contributed by atoms with Crippen LogP contribution in [0.5, 0.6) is 0 Å². The van der Waals surface area contributed by atoms with Gasteiger partial charge < -0.3 is 9.73 Å². The molecule has 1 aromatic heterocycles. The molecule has 0 bridgehead atoms. The molecule has 27 heavy (non-hydrogen) atoms. The molecule has 0 fully saturated rings. The Labute approximate surface area is 170 Å². The molecule has 0 aliphatic rings. The van der Waals surface area contributed by atoms with Crippen molar-refractivity contribution in [2.24, 2.45) is 0 Å². The van der Waals surface area contributed by atoms with E-state index in [1.54, 1.807) is 24.3 Å². The van der Waals surface area contributed by atoms with Crippen LogP contribution >= 0.6 is 27.7 Å². The Morgan fingerprint density at radius 1 is 1.19 bits per heavy atom. The molecule has 1 N–H and O–H groups in total. The molecule has 0 saturated carbocycles. The summed E-state index contributed by atoms with van der Waals surface area (Å²) in [4.78, 5) is 13.4. The summed E-state index contributed by atoms with van der Waals surface area (Å²) < 4.78 is 6.56. The zero-order chi connectivity index (χ0) is 19.2. The zero-order valence-electron chi connectivity index (χ0n) is 14.4. The van der Waals surface area contributed by atoms with E-state index in [1.165, 1.54) is 23.4 Å². The molecule has 0 unspecified atom stereocenters. The van der Waals surface area contributed by atoms with E-state index in [-0.39, 0.29) is 5.57 Å². The average Bonchev–Trinajstić information content (AvgIpc) is 3.08. The summed E-state index contributed by atoms with van der Waals surface area (Å²) in [5.74, 6) is -0.0368. The molecule has 0 atom stereocenters. The predicted molar refractivity (Wildman–Crippen MR) is 110 cm³/mol. The second-order valence-corrected chi connectivity index (χ2v) is 7.70. The number of carbonyl (C=O) groups is 1. The number of rotatable bonds is 5. The third-order valence-corrected chi connectivity index (χ3v) is 5.00. The van der Waals surface area contributed by atoms with Crippen molar-refractivity contribution < 1.29 is 9.21 Å². The average molecular weight is 439 g/mol. The predicted octanol–water partition coefficient (Wildman–Crippen LogP) is 6.05. The Kier molecular flexibility index (Phi) is 6.17. The highest BCUT2D eigenvalue weighted by atomic mass is 79.9. The molecule has 2 aromatic carbocycles. The van der Waals surface area contributed by atoms with Crippen molar-refractivity contribution >= 4 is 45.4 Å². The fourth-order valence-corrected chi connectivity index (χ4v) is 3.42. The number of nitrogens with zero attached hydrogens (tertiary/aromatic N) is 1. The highest BCUT2D eigenvalue weighted by molar-refractivity contribution is 9.10. The lowest BCUT2D eigenvalue weighted by atomic mass is 10.2. The summed E-state index contributed by atoms with van der Waals surface area (Å²) in [6.45, 7) is 2.03. The van der Waals surface area contributed by atoms with Crippen molar-refractivity contribution in [1.29, 1.82) is 5.26 Å². The minimum atomic E-state index is -0.486.